The van der Waals surface area contributed by atoms with Gasteiger partial charge in [-0.2, -0.15) is 0 Å². The quantitative estimate of drug-likeness (QED) is 0.292. The van der Waals surface area contributed by atoms with Crippen molar-refractivity contribution in [2.24, 2.45) is 0 Å². The van der Waals surface area contributed by atoms with Gasteiger partial charge < -0.3 is 25.6 Å². The fourth-order valence-corrected chi connectivity index (χ4v) is 5.31. The summed E-state index contributed by atoms with van der Waals surface area (Å²) in [4.78, 5) is 26.7. The van der Waals surface area contributed by atoms with Gasteiger partial charge in [0, 0.05) is 24.2 Å². The van der Waals surface area contributed by atoms with E-state index in [2.05, 4.69) is 77.6 Å². The molecule has 8 rings (SSSR count). The summed E-state index contributed by atoms with van der Waals surface area (Å²) in [5.74, 6) is 2.05. The van der Waals surface area contributed by atoms with E-state index in [9.17, 15) is 0 Å². The molecule has 6 N–H and O–H groups in total. The second-order valence-electron chi connectivity index (χ2n) is 9.25. The van der Waals surface area contributed by atoms with Crippen LogP contribution in [-0.4, -0.2) is 55.5 Å². The van der Waals surface area contributed by atoms with Gasteiger partial charge in [-0.15, -0.1) is 0 Å². The topological polar surface area (TPSA) is 182 Å². The van der Waals surface area contributed by atoms with Crippen LogP contribution in [0.15, 0.2) is 61.2 Å². The lowest BCUT2D eigenvalue weighted by Crippen LogP contribution is -2.11. The van der Waals surface area contributed by atoms with E-state index in [1.54, 1.807) is 12.7 Å². The van der Waals surface area contributed by atoms with Crippen LogP contribution in [0.25, 0.3) is 45.1 Å². The second kappa shape index (κ2) is 10.7. The summed E-state index contributed by atoms with van der Waals surface area (Å²) in [6.07, 6.45) is 5.32. The highest BCUT2D eigenvalue weighted by Crippen LogP contribution is 2.32. The molecule has 6 aromatic rings. The number of rotatable bonds is 0. The van der Waals surface area contributed by atoms with Crippen LogP contribution in [0, 0.1) is 13.8 Å². The van der Waals surface area contributed by atoms with Gasteiger partial charge in [0.2, 0.25) is 0 Å². The fourth-order valence-electron chi connectivity index (χ4n) is 5.31. The van der Waals surface area contributed by atoms with E-state index in [1.165, 1.54) is 22.3 Å². The third-order valence-electron chi connectivity index (χ3n) is 7.16. The van der Waals surface area contributed by atoms with Crippen LogP contribution in [-0.2, 0) is 25.9 Å². The molecule has 0 amide bonds. The molecule has 0 radical (unpaired) electrons. The Hall–Kier alpha value is -4.58. The number of hydrogen-bond donors (Lipinski definition) is 0. The Labute approximate surface area is 224 Å². The number of fused-ring (bicyclic) bond motifs is 10. The second-order valence-corrected chi connectivity index (χ2v) is 9.25. The summed E-state index contributed by atoms with van der Waals surface area (Å²) in [6, 6.07) is 16.9. The van der Waals surface area contributed by atoms with E-state index >= 15 is 0 Å². The van der Waals surface area contributed by atoms with Crippen molar-refractivity contribution in [3.8, 4) is 22.8 Å². The summed E-state index contributed by atoms with van der Waals surface area (Å²) < 4.78 is 4.40. The minimum absolute atomic E-state index is 0. The van der Waals surface area contributed by atoms with Crippen LogP contribution < -0.4 is 0 Å². The third-order valence-corrected chi connectivity index (χ3v) is 7.16. The SMILES string of the molecule is Cc1ncnc2c1nc1n2CCc2ccccc2-1.Cc1ncnc2c1nc1n2CCc2ccccc2-1.O.O.O. The normalized spacial score (nSPS) is 12.4. The average molecular weight is 527 g/mol. The van der Waals surface area contributed by atoms with E-state index < -0.39 is 0 Å². The van der Waals surface area contributed by atoms with Crippen LogP contribution in [0.3, 0.4) is 0 Å². The van der Waals surface area contributed by atoms with Crippen LogP contribution >= 0.6 is 0 Å². The highest BCUT2D eigenvalue weighted by Gasteiger charge is 2.22. The first kappa shape index (κ1) is 27.5. The maximum Gasteiger partial charge on any atom is 0.163 e. The molecule has 2 aromatic carbocycles. The highest BCUT2D eigenvalue weighted by atomic mass is 16.0. The van der Waals surface area contributed by atoms with Crippen molar-refractivity contribution in [2.45, 2.75) is 39.8 Å². The molecule has 2 aliphatic heterocycles. The number of benzene rings is 2. The zero-order valence-corrected chi connectivity index (χ0v) is 21.7. The van der Waals surface area contributed by atoms with Gasteiger partial charge in [0.1, 0.15) is 35.3 Å². The van der Waals surface area contributed by atoms with E-state index in [4.69, 9.17) is 9.97 Å². The average Bonchev–Trinajstić information content (AvgIpc) is 3.50. The molecule has 11 heteroatoms. The molecular formula is C28H30N8O3. The van der Waals surface area contributed by atoms with Gasteiger partial charge in [0.25, 0.3) is 0 Å². The predicted molar refractivity (Wildman–Crippen MR) is 149 cm³/mol. The number of imidazole rings is 2. The van der Waals surface area contributed by atoms with E-state index in [1.807, 2.05) is 13.8 Å². The Balaban J connectivity index is 0.000000168. The molecule has 0 saturated carbocycles. The number of hydrogen-bond acceptors (Lipinski definition) is 6. The Kier molecular flexibility index (Phi) is 7.50. The first-order chi connectivity index (χ1) is 17.7. The first-order valence-corrected chi connectivity index (χ1v) is 12.2. The summed E-state index contributed by atoms with van der Waals surface area (Å²) in [7, 11) is 0. The maximum absolute atomic E-state index is 4.73. The Morgan fingerprint density at radius 3 is 1.41 bits per heavy atom. The number of aromatic nitrogens is 8. The van der Waals surface area contributed by atoms with Gasteiger partial charge in [-0.1, -0.05) is 48.5 Å². The van der Waals surface area contributed by atoms with Crippen LogP contribution in [0.2, 0.25) is 0 Å². The summed E-state index contributed by atoms with van der Waals surface area (Å²) in [5, 5.41) is 0. The molecule has 6 heterocycles. The van der Waals surface area contributed by atoms with Crippen molar-refractivity contribution >= 4 is 22.3 Å². The lowest BCUT2D eigenvalue weighted by Gasteiger charge is -2.17. The zero-order chi connectivity index (χ0) is 24.2. The lowest BCUT2D eigenvalue weighted by molar-refractivity contribution is 0.696. The molecule has 2 aliphatic rings. The Morgan fingerprint density at radius 2 is 0.974 bits per heavy atom. The number of nitrogens with zero attached hydrogens (tertiary/aromatic N) is 8. The molecule has 200 valence electrons. The molecule has 0 bridgehead atoms. The third kappa shape index (κ3) is 4.32. The van der Waals surface area contributed by atoms with Gasteiger partial charge in [0.05, 0.1) is 11.4 Å². The minimum atomic E-state index is 0. The van der Waals surface area contributed by atoms with Crippen LogP contribution in [0.4, 0.5) is 0 Å². The van der Waals surface area contributed by atoms with Crippen LogP contribution in [0.5, 0.6) is 0 Å². The van der Waals surface area contributed by atoms with Crippen molar-refractivity contribution in [3.63, 3.8) is 0 Å². The molecule has 0 spiro atoms. The van der Waals surface area contributed by atoms with Crippen molar-refractivity contribution < 1.29 is 16.4 Å². The summed E-state index contributed by atoms with van der Waals surface area (Å²) in [6.45, 7) is 5.85. The van der Waals surface area contributed by atoms with Crippen molar-refractivity contribution in [1.82, 2.24) is 39.0 Å². The Morgan fingerprint density at radius 1 is 0.564 bits per heavy atom. The Bertz CT molecular complexity index is 1660. The van der Waals surface area contributed by atoms with Crippen molar-refractivity contribution in [2.75, 3.05) is 0 Å². The molecule has 0 fully saturated rings. The van der Waals surface area contributed by atoms with Gasteiger partial charge >= 0.3 is 0 Å². The van der Waals surface area contributed by atoms with E-state index in [0.29, 0.717) is 0 Å². The summed E-state index contributed by atoms with van der Waals surface area (Å²) >= 11 is 0. The molecule has 4 aromatic heterocycles. The fraction of sp³-hybridized carbons (Fsp3) is 0.214. The van der Waals surface area contributed by atoms with E-state index in [-0.39, 0.29) is 16.4 Å². The molecule has 0 atom stereocenters. The smallest absolute Gasteiger partial charge is 0.163 e. The molecular weight excluding hydrogens is 496 g/mol. The van der Waals surface area contributed by atoms with Gasteiger partial charge in [-0.05, 0) is 37.8 Å². The number of aryl methyl sites for hydroxylation is 6. The van der Waals surface area contributed by atoms with Crippen molar-refractivity contribution in [3.05, 3.63) is 83.7 Å². The van der Waals surface area contributed by atoms with Crippen LogP contribution in [0.1, 0.15) is 22.5 Å². The van der Waals surface area contributed by atoms with Gasteiger partial charge in [0.15, 0.2) is 11.3 Å². The van der Waals surface area contributed by atoms with Gasteiger partial charge in [-0.25, -0.2) is 29.9 Å². The monoisotopic (exact) mass is 526 g/mol. The zero-order valence-electron chi connectivity index (χ0n) is 21.7. The summed E-state index contributed by atoms with van der Waals surface area (Å²) in [5.41, 5.74) is 10.8. The standard InChI is InChI=1S/2C14H12N4.3H2O/c2*1-9-12-14(16-8-15-9)18-7-6-10-4-2-3-5-11(10)13(18)17-12;;;/h2*2-5,8H,6-7H2,1H3;3*1H2. The van der Waals surface area contributed by atoms with Gasteiger partial charge in [-0.3, -0.25) is 0 Å². The highest BCUT2D eigenvalue weighted by molar-refractivity contribution is 5.81. The minimum Gasteiger partial charge on any atom is -0.412 e. The van der Waals surface area contributed by atoms with E-state index in [0.717, 1.165) is 71.3 Å². The molecule has 0 aliphatic carbocycles. The lowest BCUT2D eigenvalue weighted by atomic mass is 10.0. The molecule has 0 saturated heterocycles. The maximum atomic E-state index is 4.73. The predicted octanol–water partition coefficient (Wildman–Crippen LogP) is 2.24. The largest absolute Gasteiger partial charge is 0.412 e. The molecule has 39 heavy (non-hydrogen) atoms. The molecule has 11 nitrogen and oxygen atoms in total. The first-order valence-electron chi connectivity index (χ1n) is 12.2. The van der Waals surface area contributed by atoms with Crippen molar-refractivity contribution in [1.29, 1.82) is 0 Å². The molecule has 0 unspecified atom stereocenters.